The van der Waals surface area contributed by atoms with E-state index < -0.39 is 0 Å². The molecular formula is C18H18ClNOS. The van der Waals surface area contributed by atoms with E-state index in [0.717, 1.165) is 22.9 Å². The Balaban J connectivity index is 1.59. The molecule has 0 fully saturated rings. The van der Waals surface area contributed by atoms with Crippen LogP contribution in [0.5, 0.6) is 0 Å². The number of hydrogen-bond donors (Lipinski definition) is 0. The molecule has 22 heavy (non-hydrogen) atoms. The van der Waals surface area contributed by atoms with E-state index in [2.05, 4.69) is 13.0 Å². The number of carbonyl (C=O) groups excluding carboxylic acids is 1. The molecule has 1 aliphatic rings. The summed E-state index contributed by atoms with van der Waals surface area (Å²) >= 11 is 7.53. The third kappa shape index (κ3) is 3.31. The number of amides is 1. The lowest BCUT2D eigenvalue weighted by Crippen LogP contribution is -2.37. The van der Waals surface area contributed by atoms with Gasteiger partial charge in [-0.1, -0.05) is 41.9 Å². The van der Waals surface area contributed by atoms with Crippen LogP contribution in [-0.4, -0.2) is 17.7 Å². The summed E-state index contributed by atoms with van der Waals surface area (Å²) in [6.45, 7) is 2.11. The Morgan fingerprint density at radius 1 is 1.23 bits per heavy atom. The van der Waals surface area contributed by atoms with Crippen molar-refractivity contribution in [2.75, 3.05) is 10.7 Å². The van der Waals surface area contributed by atoms with Gasteiger partial charge in [0, 0.05) is 22.5 Å². The fourth-order valence-corrected chi connectivity index (χ4v) is 3.82. The second kappa shape index (κ2) is 6.76. The lowest BCUT2D eigenvalue weighted by molar-refractivity contribution is -0.116. The van der Waals surface area contributed by atoms with E-state index in [9.17, 15) is 4.79 Å². The number of para-hydroxylation sites is 1. The molecule has 2 nitrogen and oxygen atoms in total. The number of anilines is 1. The average Bonchev–Trinajstić information content (AvgIpc) is 2.85. The molecule has 0 saturated carbocycles. The van der Waals surface area contributed by atoms with Crippen LogP contribution in [-0.2, 0) is 17.0 Å². The number of thioether (sulfide) groups is 1. The number of halogens is 1. The summed E-state index contributed by atoms with van der Waals surface area (Å²) in [5.74, 6) is 1.52. The molecule has 0 N–H and O–H groups in total. The molecule has 114 valence electrons. The first-order valence-corrected chi connectivity index (χ1v) is 8.90. The van der Waals surface area contributed by atoms with Crippen molar-refractivity contribution >= 4 is 35.0 Å². The Bertz CT molecular complexity index is 671. The van der Waals surface area contributed by atoms with Gasteiger partial charge in [-0.25, -0.2) is 0 Å². The number of nitrogens with zero attached hydrogens (tertiary/aromatic N) is 1. The molecule has 1 heterocycles. The molecule has 0 saturated heterocycles. The lowest BCUT2D eigenvalue weighted by Gasteiger charge is -2.22. The molecule has 0 aromatic heterocycles. The highest BCUT2D eigenvalue weighted by Crippen LogP contribution is 2.32. The Labute approximate surface area is 140 Å². The molecule has 0 radical (unpaired) electrons. The smallest absolute Gasteiger partial charge is 0.237 e. The SMILES string of the molecule is CC1Cc2ccccc2N1C(=O)CSCc1ccc(Cl)cc1. The fourth-order valence-electron chi connectivity index (χ4n) is 2.85. The van der Waals surface area contributed by atoms with Crippen LogP contribution in [0.15, 0.2) is 48.5 Å². The van der Waals surface area contributed by atoms with Gasteiger partial charge in [0.15, 0.2) is 0 Å². The standard InChI is InChI=1S/C18H18ClNOS/c1-13-10-15-4-2-3-5-17(15)20(13)18(21)12-22-11-14-6-8-16(19)9-7-14/h2-9,13H,10-12H2,1H3. The second-order valence-corrected chi connectivity index (χ2v) is 6.99. The average molecular weight is 332 g/mol. The molecule has 1 amide bonds. The molecule has 1 unspecified atom stereocenters. The topological polar surface area (TPSA) is 20.3 Å². The maximum atomic E-state index is 12.5. The van der Waals surface area contributed by atoms with E-state index in [1.54, 1.807) is 11.8 Å². The molecule has 0 bridgehead atoms. The summed E-state index contributed by atoms with van der Waals surface area (Å²) in [5.41, 5.74) is 3.54. The zero-order chi connectivity index (χ0) is 15.5. The largest absolute Gasteiger partial charge is 0.308 e. The monoisotopic (exact) mass is 331 g/mol. The molecular weight excluding hydrogens is 314 g/mol. The van der Waals surface area contributed by atoms with Crippen molar-refractivity contribution in [2.45, 2.75) is 25.1 Å². The Hall–Kier alpha value is -1.45. The molecule has 2 aromatic carbocycles. The van der Waals surface area contributed by atoms with Crippen LogP contribution in [0.4, 0.5) is 5.69 Å². The van der Waals surface area contributed by atoms with E-state index in [4.69, 9.17) is 11.6 Å². The van der Waals surface area contributed by atoms with Crippen LogP contribution in [0.1, 0.15) is 18.1 Å². The lowest BCUT2D eigenvalue weighted by atomic mass is 10.1. The maximum absolute atomic E-state index is 12.5. The Morgan fingerprint density at radius 3 is 2.73 bits per heavy atom. The van der Waals surface area contributed by atoms with Crippen molar-refractivity contribution in [3.8, 4) is 0 Å². The zero-order valence-electron chi connectivity index (χ0n) is 12.5. The van der Waals surface area contributed by atoms with Crippen LogP contribution < -0.4 is 4.90 Å². The first kappa shape index (κ1) is 15.4. The molecule has 1 atom stereocenters. The Kier molecular flexibility index (Phi) is 4.74. The normalized spacial score (nSPS) is 16.6. The van der Waals surface area contributed by atoms with Gasteiger partial charge >= 0.3 is 0 Å². The second-order valence-electron chi connectivity index (χ2n) is 5.56. The first-order valence-electron chi connectivity index (χ1n) is 7.37. The van der Waals surface area contributed by atoms with E-state index in [1.807, 2.05) is 47.4 Å². The van der Waals surface area contributed by atoms with Crippen LogP contribution >= 0.6 is 23.4 Å². The van der Waals surface area contributed by atoms with E-state index in [1.165, 1.54) is 11.1 Å². The Morgan fingerprint density at radius 2 is 1.95 bits per heavy atom. The van der Waals surface area contributed by atoms with Crippen molar-refractivity contribution in [3.05, 3.63) is 64.7 Å². The van der Waals surface area contributed by atoms with Gasteiger partial charge in [-0.15, -0.1) is 11.8 Å². The summed E-state index contributed by atoms with van der Waals surface area (Å²) in [7, 11) is 0. The van der Waals surface area contributed by atoms with Crippen molar-refractivity contribution in [1.29, 1.82) is 0 Å². The predicted octanol–water partition coefficient (Wildman–Crippen LogP) is 4.55. The maximum Gasteiger partial charge on any atom is 0.237 e. The quantitative estimate of drug-likeness (QED) is 0.819. The minimum Gasteiger partial charge on any atom is -0.308 e. The van der Waals surface area contributed by atoms with Crippen LogP contribution in [0.2, 0.25) is 5.02 Å². The highest BCUT2D eigenvalue weighted by atomic mass is 35.5. The van der Waals surface area contributed by atoms with Crippen LogP contribution in [0.3, 0.4) is 0 Å². The highest BCUT2D eigenvalue weighted by molar-refractivity contribution is 7.99. The molecule has 0 spiro atoms. The van der Waals surface area contributed by atoms with Crippen molar-refractivity contribution in [1.82, 2.24) is 0 Å². The summed E-state index contributed by atoms with van der Waals surface area (Å²) in [6, 6.07) is 16.2. The number of carbonyl (C=O) groups is 1. The minimum absolute atomic E-state index is 0.191. The van der Waals surface area contributed by atoms with Crippen LogP contribution in [0, 0.1) is 0 Å². The summed E-state index contributed by atoms with van der Waals surface area (Å²) in [5, 5.41) is 0.743. The number of rotatable bonds is 4. The van der Waals surface area contributed by atoms with Gasteiger partial charge in [0.1, 0.15) is 0 Å². The predicted molar refractivity (Wildman–Crippen MR) is 94.7 cm³/mol. The third-order valence-corrected chi connectivity index (χ3v) is 5.12. The number of hydrogen-bond acceptors (Lipinski definition) is 2. The minimum atomic E-state index is 0.191. The van der Waals surface area contributed by atoms with Gasteiger partial charge in [0.05, 0.1) is 5.75 Å². The molecule has 2 aromatic rings. The van der Waals surface area contributed by atoms with Gasteiger partial charge in [-0.3, -0.25) is 4.79 Å². The van der Waals surface area contributed by atoms with E-state index in [-0.39, 0.29) is 11.9 Å². The summed E-state index contributed by atoms with van der Waals surface area (Å²) in [4.78, 5) is 14.5. The number of benzene rings is 2. The van der Waals surface area contributed by atoms with Crippen molar-refractivity contribution < 1.29 is 4.79 Å². The van der Waals surface area contributed by atoms with Gasteiger partial charge < -0.3 is 4.90 Å². The van der Waals surface area contributed by atoms with Crippen LogP contribution in [0.25, 0.3) is 0 Å². The van der Waals surface area contributed by atoms with Gasteiger partial charge in [0.25, 0.3) is 0 Å². The summed E-state index contributed by atoms with van der Waals surface area (Å²) < 4.78 is 0. The molecule has 1 aliphatic heterocycles. The van der Waals surface area contributed by atoms with E-state index >= 15 is 0 Å². The van der Waals surface area contributed by atoms with Crippen molar-refractivity contribution in [3.63, 3.8) is 0 Å². The zero-order valence-corrected chi connectivity index (χ0v) is 14.0. The highest BCUT2D eigenvalue weighted by Gasteiger charge is 2.29. The molecule has 4 heteroatoms. The third-order valence-electron chi connectivity index (χ3n) is 3.88. The van der Waals surface area contributed by atoms with Gasteiger partial charge in [0.2, 0.25) is 5.91 Å². The molecule has 3 rings (SSSR count). The van der Waals surface area contributed by atoms with Gasteiger partial charge in [-0.2, -0.15) is 0 Å². The fraction of sp³-hybridized carbons (Fsp3) is 0.278. The van der Waals surface area contributed by atoms with E-state index in [0.29, 0.717) is 5.75 Å². The number of fused-ring (bicyclic) bond motifs is 1. The van der Waals surface area contributed by atoms with Crippen molar-refractivity contribution in [2.24, 2.45) is 0 Å². The first-order chi connectivity index (χ1) is 10.6. The van der Waals surface area contributed by atoms with Gasteiger partial charge in [-0.05, 0) is 42.7 Å². The molecule has 0 aliphatic carbocycles. The summed E-state index contributed by atoms with van der Waals surface area (Å²) in [6.07, 6.45) is 0.948.